The molecule has 1 fully saturated rings. The van der Waals surface area contributed by atoms with Gasteiger partial charge >= 0.3 is 6.03 Å². The van der Waals surface area contributed by atoms with Gasteiger partial charge < -0.3 is 24.6 Å². The Morgan fingerprint density at radius 3 is 2.38 bits per heavy atom. The maximum Gasteiger partial charge on any atom is 0.317 e. The fourth-order valence-electron chi connectivity index (χ4n) is 3.48. The van der Waals surface area contributed by atoms with Crippen LogP contribution in [0.25, 0.3) is 0 Å². The van der Waals surface area contributed by atoms with Crippen LogP contribution in [0.4, 0.5) is 10.5 Å². The minimum atomic E-state index is -0.0277. The van der Waals surface area contributed by atoms with Crippen molar-refractivity contribution in [2.24, 2.45) is 0 Å². The van der Waals surface area contributed by atoms with E-state index in [0.717, 1.165) is 30.3 Å². The number of urea groups is 1. The van der Waals surface area contributed by atoms with E-state index in [1.165, 1.54) is 5.56 Å². The van der Waals surface area contributed by atoms with Crippen LogP contribution in [0.15, 0.2) is 48.5 Å². The maximum atomic E-state index is 12.4. The van der Waals surface area contributed by atoms with Crippen LogP contribution in [0.2, 0.25) is 0 Å². The first-order chi connectivity index (χ1) is 14.1. The highest BCUT2D eigenvalue weighted by Gasteiger charge is 2.21. The van der Waals surface area contributed by atoms with Crippen LogP contribution >= 0.6 is 0 Å². The number of hydrogen-bond donors (Lipinski definition) is 1. The zero-order valence-corrected chi connectivity index (χ0v) is 17.6. The molecule has 2 aromatic carbocycles. The molecule has 156 valence electrons. The van der Waals surface area contributed by atoms with Crippen molar-refractivity contribution >= 4 is 11.7 Å². The number of nitrogens with one attached hydrogen (secondary N) is 1. The molecule has 3 rings (SSSR count). The number of ether oxygens (including phenoxy) is 2. The van der Waals surface area contributed by atoms with Gasteiger partial charge in [0.2, 0.25) is 0 Å². The Hall–Kier alpha value is -2.89. The molecule has 1 saturated heterocycles. The molecule has 0 bridgehead atoms. The summed E-state index contributed by atoms with van der Waals surface area (Å²) in [6.07, 6.45) is 0. The third-order valence-electron chi connectivity index (χ3n) is 5.18. The summed E-state index contributed by atoms with van der Waals surface area (Å²) in [4.78, 5) is 16.6. The Labute approximate surface area is 173 Å². The van der Waals surface area contributed by atoms with Crippen molar-refractivity contribution in [1.82, 2.24) is 10.2 Å². The minimum Gasteiger partial charge on any atom is -0.497 e. The van der Waals surface area contributed by atoms with Crippen LogP contribution < -0.4 is 19.7 Å². The zero-order chi connectivity index (χ0) is 20.6. The third-order valence-corrected chi connectivity index (χ3v) is 5.18. The van der Waals surface area contributed by atoms with Gasteiger partial charge in [0.05, 0.1) is 13.7 Å². The van der Waals surface area contributed by atoms with Crippen LogP contribution in [0.1, 0.15) is 25.3 Å². The van der Waals surface area contributed by atoms with Gasteiger partial charge in [0.25, 0.3) is 0 Å². The largest absolute Gasteiger partial charge is 0.497 e. The molecule has 1 heterocycles. The number of piperazine rings is 1. The molecule has 2 aromatic rings. The molecule has 0 radical (unpaired) electrons. The number of nitrogens with zero attached hydrogens (tertiary/aromatic N) is 2. The Balaban J connectivity index is 1.40. The summed E-state index contributed by atoms with van der Waals surface area (Å²) in [7, 11) is 1.67. The molecule has 6 nitrogen and oxygen atoms in total. The fourth-order valence-corrected chi connectivity index (χ4v) is 3.48. The normalized spacial score (nSPS) is 14.1. The van der Waals surface area contributed by atoms with Crippen LogP contribution in [-0.2, 0) is 0 Å². The number of methoxy groups -OCH3 is 1. The molecular formula is C23H31N3O3. The van der Waals surface area contributed by atoms with Crippen LogP contribution in [0, 0.1) is 0 Å². The number of rotatable bonds is 7. The summed E-state index contributed by atoms with van der Waals surface area (Å²) in [5.74, 6) is 2.15. The number of carbonyl (C=O) groups excluding carboxylic acids is 1. The Kier molecular flexibility index (Phi) is 7.22. The SMILES string of the molecule is COc1ccc(N2CCN(C(=O)NCCOc3ccccc3C(C)C)CC2)cc1. The molecule has 0 saturated carbocycles. The molecule has 1 N–H and O–H groups in total. The molecule has 29 heavy (non-hydrogen) atoms. The number of benzene rings is 2. The van der Waals surface area contributed by atoms with Crippen molar-refractivity contribution in [3.05, 3.63) is 54.1 Å². The van der Waals surface area contributed by atoms with Crippen LogP contribution in [-0.4, -0.2) is 57.4 Å². The number of amides is 2. The first kappa shape index (κ1) is 20.8. The van der Waals surface area contributed by atoms with Crippen molar-refractivity contribution in [3.63, 3.8) is 0 Å². The molecule has 0 atom stereocenters. The summed E-state index contributed by atoms with van der Waals surface area (Å²) < 4.78 is 11.1. The van der Waals surface area contributed by atoms with Gasteiger partial charge in [0.1, 0.15) is 18.1 Å². The highest BCUT2D eigenvalue weighted by Crippen LogP contribution is 2.25. The molecule has 0 aromatic heterocycles. The standard InChI is InChI=1S/C23H31N3O3/c1-18(2)21-6-4-5-7-22(21)29-17-12-24-23(27)26-15-13-25(14-16-26)19-8-10-20(28-3)11-9-19/h4-11,18H,12-17H2,1-3H3,(H,24,27). The molecule has 2 amide bonds. The van der Waals surface area contributed by atoms with Gasteiger partial charge in [-0.15, -0.1) is 0 Å². The molecule has 0 spiro atoms. The molecule has 0 aliphatic carbocycles. The molecule has 1 aliphatic heterocycles. The molecular weight excluding hydrogens is 366 g/mol. The third kappa shape index (κ3) is 5.56. The second-order valence-corrected chi connectivity index (χ2v) is 7.45. The lowest BCUT2D eigenvalue weighted by Crippen LogP contribution is -2.52. The van der Waals surface area contributed by atoms with E-state index in [1.54, 1.807) is 7.11 Å². The van der Waals surface area contributed by atoms with E-state index in [-0.39, 0.29) is 6.03 Å². The molecule has 1 aliphatic rings. The van der Waals surface area contributed by atoms with Gasteiger partial charge in [0.15, 0.2) is 0 Å². The van der Waals surface area contributed by atoms with Crippen molar-refractivity contribution in [1.29, 1.82) is 0 Å². The first-order valence-electron chi connectivity index (χ1n) is 10.2. The first-order valence-corrected chi connectivity index (χ1v) is 10.2. The quantitative estimate of drug-likeness (QED) is 0.724. The Bertz CT molecular complexity index is 784. The predicted octanol–water partition coefficient (Wildman–Crippen LogP) is 3.73. The number of carbonyl (C=O) groups is 1. The van der Waals surface area contributed by atoms with Gasteiger partial charge in [0, 0.05) is 31.9 Å². The van der Waals surface area contributed by atoms with E-state index < -0.39 is 0 Å². The topological polar surface area (TPSA) is 54.0 Å². The van der Waals surface area contributed by atoms with Crippen LogP contribution in [0.3, 0.4) is 0 Å². The smallest absolute Gasteiger partial charge is 0.317 e. The monoisotopic (exact) mass is 397 g/mol. The van der Waals surface area contributed by atoms with E-state index in [4.69, 9.17) is 9.47 Å². The maximum absolute atomic E-state index is 12.4. The van der Waals surface area contributed by atoms with Gasteiger partial charge in [-0.25, -0.2) is 4.79 Å². The number of anilines is 1. The van der Waals surface area contributed by atoms with Gasteiger partial charge in [-0.1, -0.05) is 32.0 Å². The highest BCUT2D eigenvalue weighted by molar-refractivity contribution is 5.74. The van der Waals surface area contributed by atoms with Gasteiger partial charge in [-0.05, 0) is 41.8 Å². The van der Waals surface area contributed by atoms with Crippen molar-refractivity contribution in [2.75, 3.05) is 51.3 Å². The minimum absolute atomic E-state index is 0.0277. The van der Waals surface area contributed by atoms with E-state index in [2.05, 4.69) is 42.3 Å². The molecule has 6 heteroatoms. The summed E-state index contributed by atoms with van der Waals surface area (Å²) in [5.41, 5.74) is 2.34. The summed E-state index contributed by atoms with van der Waals surface area (Å²) in [5, 5.41) is 2.97. The number of hydrogen-bond acceptors (Lipinski definition) is 4. The molecule has 0 unspecified atom stereocenters. The summed E-state index contributed by atoms with van der Waals surface area (Å²) in [6, 6.07) is 16.1. The average molecular weight is 398 g/mol. The summed E-state index contributed by atoms with van der Waals surface area (Å²) in [6.45, 7) is 8.29. The van der Waals surface area contributed by atoms with Crippen LogP contribution in [0.5, 0.6) is 11.5 Å². The average Bonchev–Trinajstić information content (AvgIpc) is 2.77. The Morgan fingerprint density at radius 1 is 1.03 bits per heavy atom. The van der Waals surface area contributed by atoms with Gasteiger partial charge in [-0.3, -0.25) is 0 Å². The lowest BCUT2D eigenvalue weighted by atomic mass is 10.0. The van der Waals surface area contributed by atoms with E-state index in [9.17, 15) is 4.79 Å². The fraction of sp³-hybridized carbons (Fsp3) is 0.435. The zero-order valence-electron chi connectivity index (χ0n) is 17.6. The predicted molar refractivity (Wildman–Crippen MR) is 116 cm³/mol. The van der Waals surface area contributed by atoms with Crippen molar-refractivity contribution in [2.45, 2.75) is 19.8 Å². The van der Waals surface area contributed by atoms with E-state index >= 15 is 0 Å². The second-order valence-electron chi connectivity index (χ2n) is 7.45. The lowest BCUT2D eigenvalue weighted by molar-refractivity contribution is 0.191. The summed E-state index contributed by atoms with van der Waals surface area (Å²) >= 11 is 0. The van der Waals surface area contributed by atoms with E-state index in [1.807, 2.05) is 35.2 Å². The van der Waals surface area contributed by atoms with Crippen molar-refractivity contribution in [3.8, 4) is 11.5 Å². The highest BCUT2D eigenvalue weighted by atomic mass is 16.5. The second kappa shape index (κ2) is 10.0. The Morgan fingerprint density at radius 2 is 1.72 bits per heavy atom. The van der Waals surface area contributed by atoms with E-state index in [0.29, 0.717) is 32.2 Å². The number of para-hydroxylation sites is 1. The van der Waals surface area contributed by atoms with Crippen molar-refractivity contribution < 1.29 is 14.3 Å². The lowest BCUT2D eigenvalue weighted by Gasteiger charge is -2.36. The van der Waals surface area contributed by atoms with Gasteiger partial charge in [-0.2, -0.15) is 0 Å².